The smallest absolute Gasteiger partial charge is 0.320 e. The van der Waals surface area contributed by atoms with Gasteiger partial charge in [-0.15, -0.1) is 0 Å². The molecule has 138 valence electrons. The Morgan fingerprint density at radius 1 is 1.19 bits per heavy atom. The molecule has 0 aliphatic rings. The van der Waals surface area contributed by atoms with E-state index in [1.54, 1.807) is 27.7 Å². The summed E-state index contributed by atoms with van der Waals surface area (Å²) in [6.07, 6.45) is 0. The summed E-state index contributed by atoms with van der Waals surface area (Å²) in [6, 6.07) is 4.19. The molecule has 1 amide bonds. The SMILES string of the molecule is Cc1ccc(NC(=O)c2c([N+](=O)[O-])c(C(C)(C)C)nn2C)cc1[N+](=O)[O-]. The van der Waals surface area contributed by atoms with Gasteiger partial charge in [-0.2, -0.15) is 5.10 Å². The summed E-state index contributed by atoms with van der Waals surface area (Å²) in [6.45, 7) is 6.85. The summed E-state index contributed by atoms with van der Waals surface area (Å²) < 4.78 is 1.15. The minimum Gasteiger partial charge on any atom is -0.320 e. The predicted octanol–water partition coefficient (Wildman–Crippen LogP) is 3.09. The zero-order valence-electron chi connectivity index (χ0n) is 15.1. The molecule has 0 aliphatic heterocycles. The predicted molar refractivity (Wildman–Crippen MR) is 94.3 cm³/mol. The van der Waals surface area contributed by atoms with Gasteiger partial charge in [0.05, 0.1) is 9.85 Å². The number of benzene rings is 1. The molecule has 10 heteroatoms. The molecule has 2 rings (SSSR count). The van der Waals surface area contributed by atoms with E-state index in [1.807, 2.05) is 0 Å². The number of amides is 1. The van der Waals surface area contributed by atoms with Gasteiger partial charge in [-0.05, 0) is 13.0 Å². The Bertz CT molecular complexity index is 910. The van der Waals surface area contributed by atoms with Gasteiger partial charge in [0, 0.05) is 29.8 Å². The number of rotatable bonds is 4. The van der Waals surface area contributed by atoms with Crippen LogP contribution in [0.1, 0.15) is 42.5 Å². The molecule has 1 heterocycles. The molecule has 0 saturated heterocycles. The van der Waals surface area contributed by atoms with Gasteiger partial charge in [0.1, 0.15) is 5.69 Å². The highest BCUT2D eigenvalue weighted by Crippen LogP contribution is 2.33. The average Bonchev–Trinajstić information content (AvgIpc) is 2.86. The van der Waals surface area contributed by atoms with E-state index in [9.17, 15) is 25.0 Å². The summed E-state index contributed by atoms with van der Waals surface area (Å²) >= 11 is 0. The van der Waals surface area contributed by atoms with Crippen molar-refractivity contribution >= 4 is 23.0 Å². The zero-order valence-corrected chi connectivity index (χ0v) is 15.1. The van der Waals surface area contributed by atoms with Crippen molar-refractivity contribution in [2.45, 2.75) is 33.1 Å². The van der Waals surface area contributed by atoms with Gasteiger partial charge in [-0.3, -0.25) is 29.7 Å². The Hall–Kier alpha value is -3.30. The minimum atomic E-state index is -0.764. The van der Waals surface area contributed by atoms with Crippen molar-refractivity contribution in [3.05, 3.63) is 55.4 Å². The van der Waals surface area contributed by atoms with E-state index in [0.717, 1.165) is 4.68 Å². The first-order chi connectivity index (χ1) is 11.9. The Balaban J connectivity index is 2.48. The molecular formula is C16H19N5O5. The Morgan fingerprint density at radius 3 is 2.31 bits per heavy atom. The van der Waals surface area contributed by atoms with Crippen LogP contribution in [0.2, 0.25) is 0 Å². The molecule has 2 aromatic rings. The van der Waals surface area contributed by atoms with Gasteiger partial charge in [0.15, 0.2) is 0 Å². The first-order valence-corrected chi connectivity index (χ1v) is 7.71. The molecule has 0 spiro atoms. The second kappa shape index (κ2) is 6.54. The number of carbonyl (C=O) groups excluding carboxylic acids is 1. The van der Waals surface area contributed by atoms with Crippen molar-refractivity contribution in [1.29, 1.82) is 0 Å². The number of nitro groups is 2. The summed E-state index contributed by atoms with van der Waals surface area (Å²) in [5.41, 5.74) is -0.596. The Labute approximate surface area is 149 Å². The van der Waals surface area contributed by atoms with E-state index in [-0.39, 0.29) is 28.5 Å². The lowest BCUT2D eigenvalue weighted by molar-refractivity contribution is -0.386. The zero-order chi connectivity index (χ0) is 19.8. The molecule has 0 bridgehead atoms. The summed E-state index contributed by atoms with van der Waals surface area (Å²) in [7, 11) is 1.44. The van der Waals surface area contributed by atoms with Crippen LogP contribution in [0, 0.1) is 27.2 Å². The van der Waals surface area contributed by atoms with E-state index in [2.05, 4.69) is 10.4 Å². The third-order valence-electron chi connectivity index (χ3n) is 3.79. The lowest BCUT2D eigenvalue weighted by Gasteiger charge is -2.13. The third kappa shape index (κ3) is 3.53. The van der Waals surface area contributed by atoms with Gasteiger partial charge in [-0.1, -0.05) is 26.8 Å². The lowest BCUT2D eigenvalue weighted by atomic mass is 9.91. The average molecular weight is 361 g/mol. The van der Waals surface area contributed by atoms with Crippen LogP contribution in [0.4, 0.5) is 17.1 Å². The summed E-state index contributed by atoms with van der Waals surface area (Å²) in [5.74, 6) is -0.764. The summed E-state index contributed by atoms with van der Waals surface area (Å²) in [4.78, 5) is 34.0. The van der Waals surface area contributed by atoms with E-state index in [0.29, 0.717) is 5.56 Å². The van der Waals surface area contributed by atoms with Crippen LogP contribution in [0.25, 0.3) is 0 Å². The van der Waals surface area contributed by atoms with E-state index in [4.69, 9.17) is 0 Å². The topological polar surface area (TPSA) is 133 Å². The minimum absolute atomic E-state index is 0.155. The molecule has 0 radical (unpaired) electrons. The highest BCUT2D eigenvalue weighted by atomic mass is 16.6. The number of carbonyl (C=O) groups is 1. The molecule has 26 heavy (non-hydrogen) atoms. The number of hydrogen-bond donors (Lipinski definition) is 1. The maximum atomic E-state index is 12.6. The van der Waals surface area contributed by atoms with Crippen LogP contribution in [0.15, 0.2) is 18.2 Å². The van der Waals surface area contributed by atoms with E-state index < -0.39 is 21.2 Å². The molecular weight excluding hydrogens is 342 g/mol. The monoisotopic (exact) mass is 361 g/mol. The van der Waals surface area contributed by atoms with E-state index >= 15 is 0 Å². The molecule has 0 unspecified atom stereocenters. The molecule has 1 aromatic heterocycles. The van der Waals surface area contributed by atoms with Crippen molar-refractivity contribution in [3.63, 3.8) is 0 Å². The highest BCUT2D eigenvalue weighted by molar-refractivity contribution is 6.06. The molecule has 1 aromatic carbocycles. The maximum Gasteiger partial charge on any atom is 0.323 e. The number of nitrogens with zero attached hydrogens (tertiary/aromatic N) is 4. The third-order valence-corrected chi connectivity index (χ3v) is 3.79. The summed E-state index contributed by atoms with van der Waals surface area (Å²) in [5, 5.41) is 29.2. The number of nitro benzene ring substituents is 1. The molecule has 1 N–H and O–H groups in total. The largest absolute Gasteiger partial charge is 0.323 e. The van der Waals surface area contributed by atoms with Crippen LogP contribution in [-0.4, -0.2) is 25.5 Å². The van der Waals surface area contributed by atoms with Gasteiger partial charge >= 0.3 is 5.69 Å². The Morgan fingerprint density at radius 2 is 1.81 bits per heavy atom. The second-order valence-electron chi connectivity index (χ2n) is 6.89. The molecule has 0 aliphatic carbocycles. The van der Waals surface area contributed by atoms with Crippen LogP contribution in [0.5, 0.6) is 0 Å². The van der Waals surface area contributed by atoms with E-state index in [1.165, 1.54) is 25.2 Å². The number of aromatic nitrogens is 2. The van der Waals surface area contributed by atoms with Crippen molar-refractivity contribution in [1.82, 2.24) is 9.78 Å². The van der Waals surface area contributed by atoms with Crippen LogP contribution in [0.3, 0.4) is 0 Å². The molecule has 0 fully saturated rings. The molecule has 0 atom stereocenters. The maximum absolute atomic E-state index is 12.6. The first-order valence-electron chi connectivity index (χ1n) is 7.71. The van der Waals surface area contributed by atoms with Crippen molar-refractivity contribution in [2.75, 3.05) is 5.32 Å². The van der Waals surface area contributed by atoms with Crippen molar-refractivity contribution in [3.8, 4) is 0 Å². The molecule has 10 nitrogen and oxygen atoms in total. The quantitative estimate of drug-likeness (QED) is 0.657. The lowest BCUT2D eigenvalue weighted by Crippen LogP contribution is -2.18. The number of aryl methyl sites for hydroxylation is 2. The number of anilines is 1. The highest BCUT2D eigenvalue weighted by Gasteiger charge is 2.36. The van der Waals surface area contributed by atoms with Crippen LogP contribution in [-0.2, 0) is 12.5 Å². The Kier molecular flexibility index (Phi) is 4.79. The normalized spacial score (nSPS) is 11.3. The number of nitrogens with one attached hydrogen (secondary N) is 1. The van der Waals surface area contributed by atoms with Gasteiger partial charge in [0.2, 0.25) is 5.69 Å². The van der Waals surface area contributed by atoms with Crippen LogP contribution >= 0.6 is 0 Å². The van der Waals surface area contributed by atoms with Crippen molar-refractivity contribution < 1.29 is 14.6 Å². The van der Waals surface area contributed by atoms with Gasteiger partial charge in [0.25, 0.3) is 11.6 Å². The fraction of sp³-hybridized carbons (Fsp3) is 0.375. The van der Waals surface area contributed by atoms with Crippen molar-refractivity contribution in [2.24, 2.45) is 7.05 Å². The van der Waals surface area contributed by atoms with Crippen LogP contribution < -0.4 is 5.32 Å². The van der Waals surface area contributed by atoms with Gasteiger partial charge in [-0.25, -0.2) is 0 Å². The fourth-order valence-electron chi connectivity index (χ4n) is 2.52. The van der Waals surface area contributed by atoms with Gasteiger partial charge < -0.3 is 5.32 Å². The second-order valence-corrected chi connectivity index (χ2v) is 6.89. The fourth-order valence-corrected chi connectivity index (χ4v) is 2.52. The first kappa shape index (κ1) is 19.0. The number of hydrogen-bond acceptors (Lipinski definition) is 6. The standard InChI is InChI=1S/C16H19N5O5/c1-9-6-7-10(8-11(9)20(23)24)17-15(22)13-12(21(25)26)14(16(2,3)4)18-19(13)5/h6-8H,1-5H3,(H,17,22). The molecule has 0 saturated carbocycles.